The van der Waals surface area contributed by atoms with Crippen LogP contribution in [-0.2, 0) is 26.3 Å². The number of carbonyl (C=O) groups is 3. The maximum atomic E-state index is 13.3. The molecule has 3 aliphatic rings. The molecule has 4 N–H and O–H groups in total. The van der Waals surface area contributed by atoms with Gasteiger partial charge >= 0.3 is 0 Å². The Bertz CT molecular complexity index is 1030. The number of nitrogens with one attached hydrogen (secondary N) is 2. The predicted molar refractivity (Wildman–Crippen MR) is 102 cm³/mol. The molecule has 2 aromatic rings. The molecule has 5 rings (SSSR count). The van der Waals surface area contributed by atoms with Crippen LogP contribution in [0.25, 0.3) is 0 Å². The lowest BCUT2D eigenvalue weighted by molar-refractivity contribution is -0.733. The number of benzene rings is 2. The molecule has 0 bridgehead atoms. The lowest BCUT2D eigenvalue weighted by Gasteiger charge is -2.24. The highest BCUT2D eigenvalue weighted by Gasteiger charge is 2.72. The van der Waals surface area contributed by atoms with Gasteiger partial charge in [0.25, 0.3) is 5.91 Å². The number of rotatable bonds is 2. The number of imide groups is 1. The monoisotopic (exact) mass is 376 g/mol. The molecule has 4 atom stereocenters. The fourth-order valence-corrected chi connectivity index (χ4v) is 5.42. The van der Waals surface area contributed by atoms with E-state index < -0.39 is 17.4 Å². The summed E-state index contributed by atoms with van der Waals surface area (Å²) < 4.78 is 0. The zero-order valence-corrected chi connectivity index (χ0v) is 15.8. The summed E-state index contributed by atoms with van der Waals surface area (Å²) in [6.45, 7) is 3.94. The summed E-state index contributed by atoms with van der Waals surface area (Å²) >= 11 is 0. The summed E-state index contributed by atoms with van der Waals surface area (Å²) in [6, 6.07) is 13.7. The van der Waals surface area contributed by atoms with Crippen LogP contribution in [0.2, 0.25) is 0 Å². The number of carbonyl (C=O) groups excluding carboxylic acids is 3. The van der Waals surface area contributed by atoms with E-state index in [1.807, 2.05) is 61.6 Å². The molecule has 1 spiro atoms. The Morgan fingerprint density at radius 3 is 2.50 bits per heavy atom. The predicted octanol–water partition coefficient (Wildman–Crippen LogP) is 0.528. The van der Waals surface area contributed by atoms with Crippen molar-refractivity contribution in [3.05, 3.63) is 64.7 Å². The third-order valence-corrected chi connectivity index (χ3v) is 6.47. The Kier molecular flexibility index (Phi) is 3.52. The molecule has 2 fully saturated rings. The molecule has 6 nitrogen and oxygen atoms in total. The molecule has 0 saturated carbocycles. The van der Waals surface area contributed by atoms with E-state index in [1.165, 1.54) is 0 Å². The van der Waals surface area contributed by atoms with E-state index in [0.717, 1.165) is 27.9 Å². The highest BCUT2D eigenvalue weighted by molar-refractivity contribution is 6.14. The highest BCUT2D eigenvalue weighted by Crippen LogP contribution is 2.48. The Labute approximate surface area is 162 Å². The molecule has 142 valence electrons. The van der Waals surface area contributed by atoms with Crippen molar-refractivity contribution in [2.75, 3.05) is 5.32 Å². The number of hydrogen-bond donors (Lipinski definition) is 3. The van der Waals surface area contributed by atoms with Crippen molar-refractivity contribution < 1.29 is 19.7 Å². The van der Waals surface area contributed by atoms with Crippen LogP contribution in [0.5, 0.6) is 0 Å². The summed E-state index contributed by atoms with van der Waals surface area (Å²) in [5.41, 5.74) is 3.61. The van der Waals surface area contributed by atoms with Gasteiger partial charge < -0.3 is 10.6 Å². The molecular weight excluding hydrogens is 354 g/mol. The second-order valence-electron chi connectivity index (χ2n) is 8.20. The van der Waals surface area contributed by atoms with Crippen molar-refractivity contribution >= 4 is 23.4 Å². The van der Waals surface area contributed by atoms with Crippen molar-refractivity contribution in [1.82, 2.24) is 5.32 Å². The van der Waals surface area contributed by atoms with Crippen LogP contribution in [0, 0.1) is 25.7 Å². The second kappa shape index (κ2) is 5.75. The van der Waals surface area contributed by atoms with Gasteiger partial charge in [0.2, 0.25) is 17.4 Å². The summed E-state index contributed by atoms with van der Waals surface area (Å²) in [7, 11) is 0. The van der Waals surface area contributed by atoms with Gasteiger partial charge in [-0.3, -0.25) is 19.7 Å². The van der Waals surface area contributed by atoms with Gasteiger partial charge in [0.05, 0.1) is 5.69 Å². The first-order valence-electron chi connectivity index (χ1n) is 9.59. The lowest BCUT2D eigenvalue weighted by atomic mass is 9.75. The van der Waals surface area contributed by atoms with Gasteiger partial charge in [-0.25, -0.2) is 0 Å². The minimum Gasteiger partial charge on any atom is -0.326 e. The number of hydrogen-bond acceptors (Lipinski definition) is 3. The minimum absolute atomic E-state index is 0.184. The minimum atomic E-state index is -1.09. The fourth-order valence-electron chi connectivity index (χ4n) is 5.42. The fraction of sp³-hybridized carbons (Fsp3) is 0.318. The quantitative estimate of drug-likeness (QED) is 0.668. The van der Waals surface area contributed by atoms with E-state index >= 15 is 0 Å². The standard InChI is InChI=1S/C22H21N3O3/c1-11-8-12(2)18-14(9-11)22(21(28)23-18)17-16(19(26)24-20(17)27)15(25-22)10-13-6-4-3-5-7-13/h3-9,15-17,25H,10H2,1-2H3,(H,23,28)(H,24,26,27)/p+1/t15-,16+,17-,22+/m0/s1. The molecule has 28 heavy (non-hydrogen) atoms. The van der Waals surface area contributed by atoms with Gasteiger partial charge in [-0.15, -0.1) is 0 Å². The molecule has 3 amide bonds. The maximum absolute atomic E-state index is 13.3. The molecule has 0 aliphatic carbocycles. The average Bonchev–Trinajstić information content (AvgIpc) is 3.24. The molecule has 2 aromatic carbocycles. The summed E-state index contributed by atoms with van der Waals surface area (Å²) in [6.07, 6.45) is 0.623. The van der Waals surface area contributed by atoms with E-state index in [2.05, 4.69) is 10.6 Å². The van der Waals surface area contributed by atoms with Gasteiger partial charge in [-0.1, -0.05) is 42.0 Å². The Hall–Kier alpha value is -2.99. The van der Waals surface area contributed by atoms with Gasteiger partial charge in [0.1, 0.15) is 17.9 Å². The van der Waals surface area contributed by atoms with E-state index in [9.17, 15) is 14.4 Å². The van der Waals surface area contributed by atoms with E-state index in [0.29, 0.717) is 6.42 Å². The first kappa shape index (κ1) is 17.1. The van der Waals surface area contributed by atoms with Gasteiger partial charge in [0, 0.05) is 12.0 Å². The molecule has 3 heterocycles. The van der Waals surface area contributed by atoms with Crippen molar-refractivity contribution in [1.29, 1.82) is 0 Å². The summed E-state index contributed by atoms with van der Waals surface area (Å²) in [4.78, 5) is 38.8. The number of amides is 3. The van der Waals surface area contributed by atoms with Gasteiger partial charge in [-0.05, 0) is 31.0 Å². The first-order chi connectivity index (χ1) is 13.4. The van der Waals surface area contributed by atoms with E-state index in [-0.39, 0.29) is 23.8 Å². The number of anilines is 1. The number of fused-ring (bicyclic) bond motifs is 4. The van der Waals surface area contributed by atoms with Crippen LogP contribution < -0.4 is 16.0 Å². The molecule has 3 aliphatic heterocycles. The van der Waals surface area contributed by atoms with Crippen LogP contribution in [0.1, 0.15) is 22.3 Å². The topological polar surface area (TPSA) is 91.9 Å². The molecule has 2 saturated heterocycles. The first-order valence-corrected chi connectivity index (χ1v) is 9.59. The largest absolute Gasteiger partial charge is 0.326 e. The zero-order valence-electron chi connectivity index (χ0n) is 15.8. The Morgan fingerprint density at radius 2 is 1.75 bits per heavy atom. The Balaban J connectivity index is 1.66. The van der Waals surface area contributed by atoms with Crippen molar-refractivity contribution in [3.8, 4) is 0 Å². The molecule has 0 unspecified atom stereocenters. The van der Waals surface area contributed by atoms with Crippen LogP contribution >= 0.6 is 0 Å². The number of aryl methyl sites for hydroxylation is 2. The SMILES string of the molecule is Cc1cc(C)c2c(c1)[C@]1([NH2+][C@@H](Cc3ccccc3)[C@H]3C(=O)NC(=O)[C@H]31)C(=O)N2. The van der Waals surface area contributed by atoms with Crippen LogP contribution in [0.4, 0.5) is 5.69 Å². The second-order valence-corrected chi connectivity index (χ2v) is 8.20. The van der Waals surface area contributed by atoms with Crippen molar-refractivity contribution in [2.45, 2.75) is 31.8 Å². The number of quaternary nitrogens is 1. The summed E-state index contributed by atoms with van der Waals surface area (Å²) in [5.74, 6) is -2.04. The van der Waals surface area contributed by atoms with Gasteiger partial charge in [-0.2, -0.15) is 0 Å². The van der Waals surface area contributed by atoms with Crippen molar-refractivity contribution in [3.63, 3.8) is 0 Å². The Morgan fingerprint density at radius 1 is 1.00 bits per heavy atom. The van der Waals surface area contributed by atoms with Gasteiger partial charge in [0.15, 0.2) is 0 Å². The summed E-state index contributed by atoms with van der Waals surface area (Å²) in [5, 5.41) is 7.46. The van der Waals surface area contributed by atoms with Crippen LogP contribution in [-0.4, -0.2) is 23.8 Å². The smallest absolute Gasteiger partial charge is 0.291 e. The lowest BCUT2D eigenvalue weighted by Crippen LogP contribution is -2.99. The van der Waals surface area contributed by atoms with E-state index in [4.69, 9.17) is 0 Å². The molecule has 0 aromatic heterocycles. The van der Waals surface area contributed by atoms with E-state index in [1.54, 1.807) is 0 Å². The molecule has 0 radical (unpaired) electrons. The normalized spacial score (nSPS) is 30.4. The van der Waals surface area contributed by atoms with Crippen LogP contribution in [0.3, 0.4) is 0 Å². The van der Waals surface area contributed by atoms with Crippen LogP contribution in [0.15, 0.2) is 42.5 Å². The van der Waals surface area contributed by atoms with Crippen molar-refractivity contribution in [2.24, 2.45) is 11.8 Å². The highest BCUT2D eigenvalue weighted by atomic mass is 16.2. The number of nitrogens with two attached hydrogens (primary N) is 1. The molecular formula is C22H22N3O3+. The average molecular weight is 376 g/mol. The third kappa shape index (κ3) is 2.15. The molecule has 6 heteroatoms. The maximum Gasteiger partial charge on any atom is 0.291 e. The zero-order chi connectivity index (χ0) is 19.6. The third-order valence-electron chi connectivity index (χ3n) is 6.47.